The summed E-state index contributed by atoms with van der Waals surface area (Å²) < 4.78 is 6.35. The van der Waals surface area contributed by atoms with Crippen LogP contribution in [0.15, 0.2) is 0 Å². The van der Waals surface area contributed by atoms with Crippen molar-refractivity contribution in [2.24, 2.45) is 35.0 Å². The van der Waals surface area contributed by atoms with Crippen molar-refractivity contribution in [3.05, 3.63) is 0 Å². The number of aliphatic hydroxyl groups is 1. The van der Waals surface area contributed by atoms with Gasteiger partial charge in [-0.25, -0.2) is 0 Å². The first kappa shape index (κ1) is 17.7. The van der Waals surface area contributed by atoms with E-state index < -0.39 is 6.29 Å². The molecule has 2 nitrogen and oxygen atoms in total. The summed E-state index contributed by atoms with van der Waals surface area (Å²) in [6.45, 7) is 11.4. The van der Waals surface area contributed by atoms with Crippen molar-refractivity contribution < 1.29 is 9.84 Å². The number of rotatable bonds is 5. The Bertz CT molecular complexity index is 408. The molecule has 134 valence electrons. The Morgan fingerprint density at radius 2 is 1.74 bits per heavy atom. The van der Waals surface area contributed by atoms with E-state index in [1.165, 1.54) is 38.5 Å². The summed E-state index contributed by atoms with van der Waals surface area (Å²) >= 11 is 0. The first-order valence-electron chi connectivity index (χ1n) is 10.0. The highest BCUT2D eigenvalue weighted by Gasteiger charge is 2.51. The van der Waals surface area contributed by atoms with E-state index in [0.717, 1.165) is 36.5 Å². The second kappa shape index (κ2) is 6.33. The predicted molar refractivity (Wildman–Crippen MR) is 95.0 cm³/mol. The van der Waals surface area contributed by atoms with Gasteiger partial charge >= 0.3 is 0 Å². The predicted octanol–water partition coefficient (Wildman–Crippen LogP) is 5.39. The van der Waals surface area contributed by atoms with Gasteiger partial charge < -0.3 is 9.84 Å². The summed E-state index contributed by atoms with van der Waals surface area (Å²) in [4.78, 5) is 0. The molecule has 0 radical (unpaired) electrons. The van der Waals surface area contributed by atoms with Crippen LogP contribution in [0.1, 0.15) is 86.0 Å². The Kier molecular flexibility index (Phi) is 4.88. The van der Waals surface area contributed by atoms with Gasteiger partial charge in [0.25, 0.3) is 0 Å². The van der Waals surface area contributed by atoms with Crippen LogP contribution in [0.5, 0.6) is 0 Å². The second-order valence-corrected chi connectivity index (χ2v) is 10.3. The molecule has 0 aliphatic heterocycles. The van der Waals surface area contributed by atoms with Gasteiger partial charge in [0.05, 0.1) is 5.60 Å². The van der Waals surface area contributed by atoms with Gasteiger partial charge in [-0.2, -0.15) is 0 Å². The fourth-order valence-corrected chi connectivity index (χ4v) is 6.24. The molecule has 0 amide bonds. The maximum atomic E-state index is 10.9. The van der Waals surface area contributed by atoms with E-state index in [0.29, 0.717) is 5.92 Å². The van der Waals surface area contributed by atoms with Crippen LogP contribution in [-0.4, -0.2) is 17.0 Å². The highest BCUT2D eigenvalue weighted by molar-refractivity contribution is 5.00. The fourth-order valence-electron chi connectivity index (χ4n) is 6.24. The van der Waals surface area contributed by atoms with E-state index in [4.69, 9.17) is 4.74 Å². The van der Waals surface area contributed by atoms with Crippen molar-refractivity contribution in [1.29, 1.82) is 0 Å². The summed E-state index contributed by atoms with van der Waals surface area (Å²) in [6, 6.07) is 0. The summed E-state index contributed by atoms with van der Waals surface area (Å²) in [5.74, 6) is 3.93. The smallest absolute Gasteiger partial charge is 0.160 e. The van der Waals surface area contributed by atoms with Gasteiger partial charge in [-0.3, -0.25) is 0 Å². The lowest BCUT2D eigenvalue weighted by Gasteiger charge is -2.43. The molecule has 23 heavy (non-hydrogen) atoms. The Labute approximate surface area is 143 Å². The largest absolute Gasteiger partial charge is 0.367 e. The van der Waals surface area contributed by atoms with Gasteiger partial charge in [0.15, 0.2) is 6.29 Å². The third kappa shape index (κ3) is 3.79. The Morgan fingerprint density at radius 3 is 2.26 bits per heavy atom. The van der Waals surface area contributed by atoms with E-state index >= 15 is 0 Å². The lowest BCUT2D eigenvalue weighted by Crippen LogP contribution is -2.45. The van der Waals surface area contributed by atoms with E-state index in [1.54, 1.807) is 0 Å². The van der Waals surface area contributed by atoms with Crippen molar-refractivity contribution >= 4 is 0 Å². The normalized spacial score (nSPS) is 45.4. The maximum Gasteiger partial charge on any atom is 0.160 e. The average molecular weight is 323 g/mol. The molecule has 6 atom stereocenters. The van der Waals surface area contributed by atoms with Crippen molar-refractivity contribution in [1.82, 2.24) is 0 Å². The van der Waals surface area contributed by atoms with Gasteiger partial charge in [0, 0.05) is 5.41 Å². The van der Waals surface area contributed by atoms with Gasteiger partial charge in [-0.1, -0.05) is 27.7 Å². The molecule has 0 spiro atoms. The number of ether oxygens (including phenoxy) is 1. The lowest BCUT2D eigenvalue weighted by atomic mass is 9.70. The molecule has 3 aliphatic rings. The van der Waals surface area contributed by atoms with Crippen LogP contribution < -0.4 is 0 Å². The van der Waals surface area contributed by atoms with E-state index in [1.807, 2.05) is 0 Å². The highest BCUT2D eigenvalue weighted by atomic mass is 16.6. The van der Waals surface area contributed by atoms with Crippen LogP contribution in [-0.2, 0) is 4.74 Å². The summed E-state index contributed by atoms with van der Waals surface area (Å²) in [6.07, 6.45) is 9.63. The zero-order valence-corrected chi connectivity index (χ0v) is 16.0. The van der Waals surface area contributed by atoms with E-state index in [2.05, 4.69) is 34.6 Å². The molecule has 3 saturated carbocycles. The Balaban J connectivity index is 1.58. The lowest BCUT2D eigenvalue weighted by molar-refractivity contribution is -0.242. The molecule has 3 fully saturated rings. The quantitative estimate of drug-likeness (QED) is 0.688. The summed E-state index contributed by atoms with van der Waals surface area (Å²) in [7, 11) is 0. The molecule has 3 aliphatic carbocycles. The van der Waals surface area contributed by atoms with Crippen LogP contribution in [0.2, 0.25) is 0 Å². The SMILES string of the molecule is CC1CC(C)CC(CC(C)(C)C(O)OC2(C)CC3CCC2C3)C1. The zero-order chi connectivity index (χ0) is 16.8. The van der Waals surface area contributed by atoms with Crippen LogP contribution in [0, 0.1) is 35.0 Å². The van der Waals surface area contributed by atoms with Crippen molar-refractivity contribution in [2.75, 3.05) is 0 Å². The molecule has 3 rings (SSSR count). The molecule has 2 bridgehead atoms. The number of fused-ring (bicyclic) bond motifs is 2. The molecule has 0 saturated heterocycles. The highest BCUT2D eigenvalue weighted by Crippen LogP contribution is 2.53. The number of hydrogen-bond donors (Lipinski definition) is 1. The fraction of sp³-hybridized carbons (Fsp3) is 1.00. The second-order valence-electron chi connectivity index (χ2n) is 10.3. The average Bonchev–Trinajstić information content (AvgIpc) is 2.96. The Morgan fingerprint density at radius 1 is 1.09 bits per heavy atom. The van der Waals surface area contributed by atoms with Crippen molar-refractivity contribution in [3.8, 4) is 0 Å². The minimum Gasteiger partial charge on any atom is -0.367 e. The standard InChI is InChI=1S/C21H38O2/c1-14-8-15(2)10-17(9-14)12-20(3,4)19(22)23-21(5)13-16-6-7-18(21)11-16/h14-19,22H,6-13H2,1-5H3. The minimum atomic E-state index is -0.626. The zero-order valence-electron chi connectivity index (χ0n) is 16.0. The first-order chi connectivity index (χ1) is 10.7. The van der Waals surface area contributed by atoms with Crippen LogP contribution in [0.3, 0.4) is 0 Å². The van der Waals surface area contributed by atoms with Crippen LogP contribution in [0.25, 0.3) is 0 Å². The van der Waals surface area contributed by atoms with Gasteiger partial charge in [-0.15, -0.1) is 0 Å². The van der Waals surface area contributed by atoms with E-state index in [-0.39, 0.29) is 11.0 Å². The molecular formula is C21H38O2. The topological polar surface area (TPSA) is 29.5 Å². The molecule has 2 heteroatoms. The number of hydrogen-bond acceptors (Lipinski definition) is 2. The summed E-state index contributed by atoms with van der Waals surface area (Å²) in [5.41, 5.74) is -0.223. The molecule has 0 aromatic rings. The van der Waals surface area contributed by atoms with Crippen LogP contribution >= 0.6 is 0 Å². The van der Waals surface area contributed by atoms with Gasteiger partial charge in [0.2, 0.25) is 0 Å². The molecule has 0 heterocycles. The van der Waals surface area contributed by atoms with Crippen molar-refractivity contribution in [3.63, 3.8) is 0 Å². The van der Waals surface area contributed by atoms with Crippen molar-refractivity contribution in [2.45, 2.75) is 97.9 Å². The Hall–Kier alpha value is -0.0800. The van der Waals surface area contributed by atoms with Crippen LogP contribution in [0.4, 0.5) is 0 Å². The molecule has 1 N–H and O–H groups in total. The van der Waals surface area contributed by atoms with Gasteiger partial charge in [0.1, 0.15) is 0 Å². The third-order valence-electron chi connectivity index (χ3n) is 7.24. The molecule has 0 aromatic carbocycles. The molecule has 6 unspecified atom stereocenters. The monoisotopic (exact) mass is 322 g/mol. The third-order valence-corrected chi connectivity index (χ3v) is 7.24. The van der Waals surface area contributed by atoms with E-state index in [9.17, 15) is 5.11 Å². The molecule has 0 aromatic heterocycles. The van der Waals surface area contributed by atoms with Gasteiger partial charge in [-0.05, 0) is 87.9 Å². The minimum absolute atomic E-state index is 0.0766. The molecular weight excluding hydrogens is 284 g/mol. The number of aliphatic hydroxyl groups excluding tert-OH is 1. The summed E-state index contributed by atoms with van der Waals surface area (Å²) in [5, 5.41) is 10.9. The first-order valence-corrected chi connectivity index (χ1v) is 10.0. The maximum absolute atomic E-state index is 10.9.